The summed E-state index contributed by atoms with van der Waals surface area (Å²) in [6, 6.07) is 0. The van der Waals surface area contributed by atoms with Crippen molar-refractivity contribution in [3.63, 3.8) is 0 Å². The molecule has 1 rings (SSSR count). The molecule has 0 aromatic rings. The second kappa shape index (κ2) is 1.80. The van der Waals surface area contributed by atoms with Crippen molar-refractivity contribution in [1.29, 1.82) is 0 Å². The fraction of sp³-hybridized carbons (Fsp3) is 1.00. The van der Waals surface area contributed by atoms with Crippen LogP contribution in [-0.4, -0.2) is 23.9 Å². The lowest BCUT2D eigenvalue weighted by Crippen LogP contribution is -2.15. The number of ether oxygens (including phenoxy) is 1. The monoisotopic (exact) mass is 102 g/mol. The molecule has 1 heterocycles. The first kappa shape index (κ1) is 5.06. The molecule has 2 atom stereocenters. The zero-order chi connectivity index (χ0) is 5.28. The van der Waals surface area contributed by atoms with Crippen molar-refractivity contribution in [1.82, 2.24) is 0 Å². The predicted octanol–water partition coefficient (Wildman–Crippen LogP) is 0.156. The normalized spacial score (nSPS) is 42.0. The molecule has 1 unspecified atom stereocenters. The van der Waals surface area contributed by atoms with Crippen LogP contribution in [0.5, 0.6) is 0 Å². The smallest absolute Gasteiger partial charge is 0.0821 e. The van der Waals surface area contributed by atoms with Crippen molar-refractivity contribution in [3.05, 3.63) is 0 Å². The van der Waals surface area contributed by atoms with Crippen LogP contribution in [0.15, 0.2) is 0 Å². The van der Waals surface area contributed by atoms with E-state index in [0.29, 0.717) is 0 Å². The van der Waals surface area contributed by atoms with Gasteiger partial charge in [-0.15, -0.1) is 0 Å². The summed E-state index contributed by atoms with van der Waals surface area (Å²) in [5.74, 6) is 0. The average Bonchev–Trinajstić information content (AvgIpc) is 1.91. The number of hydrogen-bond donors (Lipinski definition) is 1. The van der Waals surface area contributed by atoms with Gasteiger partial charge in [0.2, 0.25) is 0 Å². The molecule has 42 valence electrons. The van der Waals surface area contributed by atoms with Crippen LogP contribution < -0.4 is 0 Å². The largest absolute Gasteiger partial charge is 0.390 e. The molecule has 1 saturated heterocycles. The predicted molar refractivity (Wildman–Crippen MR) is 26.0 cm³/mol. The maximum atomic E-state index is 8.87. The summed E-state index contributed by atoms with van der Waals surface area (Å²) in [4.78, 5) is 0. The van der Waals surface area contributed by atoms with E-state index in [-0.39, 0.29) is 12.2 Å². The van der Waals surface area contributed by atoms with Gasteiger partial charge in [-0.25, -0.2) is 0 Å². The zero-order valence-corrected chi connectivity index (χ0v) is 4.42. The summed E-state index contributed by atoms with van der Waals surface area (Å²) in [6.45, 7) is 2.61. The molecule has 2 heteroatoms. The Hall–Kier alpha value is -0.0800. The Morgan fingerprint density at radius 1 is 1.71 bits per heavy atom. The van der Waals surface area contributed by atoms with Crippen molar-refractivity contribution in [2.75, 3.05) is 6.61 Å². The molecule has 0 spiro atoms. The van der Waals surface area contributed by atoms with Crippen LogP contribution >= 0.6 is 0 Å². The second-order valence-electron chi connectivity index (χ2n) is 1.93. The van der Waals surface area contributed by atoms with Crippen LogP contribution in [0, 0.1) is 0 Å². The van der Waals surface area contributed by atoms with Gasteiger partial charge in [0, 0.05) is 6.61 Å². The zero-order valence-electron chi connectivity index (χ0n) is 4.42. The minimum Gasteiger partial charge on any atom is -0.390 e. The number of aliphatic hydroxyl groups excluding tert-OH is 1. The van der Waals surface area contributed by atoms with Gasteiger partial charge >= 0.3 is 0 Å². The van der Waals surface area contributed by atoms with Gasteiger partial charge < -0.3 is 9.84 Å². The topological polar surface area (TPSA) is 29.5 Å². The van der Waals surface area contributed by atoms with Gasteiger partial charge in [0.25, 0.3) is 0 Å². The molecule has 0 saturated carbocycles. The van der Waals surface area contributed by atoms with Crippen LogP contribution in [0.3, 0.4) is 0 Å². The highest BCUT2D eigenvalue weighted by molar-refractivity contribution is 4.69. The van der Waals surface area contributed by atoms with Crippen molar-refractivity contribution < 1.29 is 9.84 Å². The highest BCUT2D eigenvalue weighted by Gasteiger charge is 2.20. The van der Waals surface area contributed by atoms with Gasteiger partial charge in [-0.1, -0.05) is 0 Å². The number of rotatable bonds is 0. The molecular formula is C5H10O2. The van der Waals surface area contributed by atoms with Crippen molar-refractivity contribution in [2.45, 2.75) is 25.6 Å². The maximum absolute atomic E-state index is 8.87. The highest BCUT2D eigenvalue weighted by atomic mass is 16.5. The Kier molecular flexibility index (Phi) is 1.30. The lowest BCUT2D eigenvalue weighted by atomic mass is 10.2. The van der Waals surface area contributed by atoms with E-state index in [4.69, 9.17) is 9.84 Å². The van der Waals surface area contributed by atoms with Crippen molar-refractivity contribution in [2.24, 2.45) is 0 Å². The number of aliphatic hydroxyl groups is 1. The summed E-state index contributed by atoms with van der Waals surface area (Å²) in [5, 5.41) is 8.87. The molecule has 0 aromatic carbocycles. The highest BCUT2D eigenvalue weighted by Crippen LogP contribution is 2.10. The Bertz CT molecular complexity index is 55.1. The van der Waals surface area contributed by atoms with Crippen molar-refractivity contribution in [3.8, 4) is 0 Å². The van der Waals surface area contributed by atoms with Gasteiger partial charge in [0.05, 0.1) is 12.2 Å². The fourth-order valence-corrected chi connectivity index (χ4v) is 0.720. The maximum Gasteiger partial charge on any atom is 0.0821 e. The first-order valence-corrected chi connectivity index (χ1v) is 2.60. The molecule has 7 heavy (non-hydrogen) atoms. The molecule has 1 fully saturated rings. The number of hydrogen-bond acceptors (Lipinski definition) is 2. The van der Waals surface area contributed by atoms with Gasteiger partial charge in [-0.2, -0.15) is 0 Å². The van der Waals surface area contributed by atoms with E-state index < -0.39 is 0 Å². The summed E-state index contributed by atoms with van der Waals surface area (Å²) < 4.78 is 5.02. The van der Waals surface area contributed by atoms with Crippen LogP contribution in [0.4, 0.5) is 0 Å². The minimum atomic E-state index is -0.208. The Morgan fingerprint density at radius 3 is 2.57 bits per heavy atom. The third kappa shape index (κ3) is 0.924. The summed E-state index contributed by atoms with van der Waals surface area (Å²) >= 11 is 0. The Morgan fingerprint density at radius 2 is 2.43 bits per heavy atom. The molecule has 1 aliphatic heterocycles. The molecule has 1 aliphatic rings. The fourth-order valence-electron chi connectivity index (χ4n) is 0.720. The molecular weight excluding hydrogens is 92.1 g/mol. The van der Waals surface area contributed by atoms with Gasteiger partial charge in [0.1, 0.15) is 0 Å². The van der Waals surface area contributed by atoms with E-state index in [2.05, 4.69) is 0 Å². The minimum absolute atomic E-state index is 0.0694. The van der Waals surface area contributed by atoms with E-state index in [0.717, 1.165) is 13.0 Å². The van der Waals surface area contributed by atoms with Crippen LogP contribution in [-0.2, 0) is 4.74 Å². The van der Waals surface area contributed by atoms with E-state index in [1.54, 1.807) is 0 Å². The molecule has 0 aliphatic carbocycles. The quantitative estimate of drug-likeness (QED) is 0.472. The van der Waals surface area contributed by atoms with Gasteiger partial charge in [-0.05, 0) is 13.3 Å². The van der Waals surface area contributed by atoms with E-state index in [1.165, 1.54) is 0 Å². The first-order chi connectivity index (χ1) is 3.30. The molecule has 1 N–H and O–H groups in total. The van der Waals surface area contributed by atoms with Crippen LogP contribution in [0.25, 0.3) is 0 Å². The third-order valence-electron chi connectivity index (χ3n) is 1.34. The Labute approximate surface area is 43.1 Å². The van der Waals surface area contributed by atoms with Crippen LogP contribution in [0.2, 0.25) is 0 Å². The molecule has 2 nitrogen and oxygen atoms in total. The molecule has 0 radical (unpaired) electrons. The van der Waals surface area contributed by atoms with Crippen LogP contribution in [0.1, 0.15) is 13.3 Å². The van der Waals surface area contributed by atoms with E-state index >= 15 is 0 Å². The second-order valence-corrected chi connectivity index (χ2v) is 1.93. The summed E-state index contributed by atoms with van der Waals surface area (Å²) in [7, 11) is 0. The van der Waals surface area contributed by atoms with Gasteiger partial charge in [0.15, 0.2) is 0 Å². The van der Waals surface area contributed by atoms with Gasteiger partial charge in [-0.3, -0.25) is 0 Å². The standard InChI is InChI=1S/C5H10O2/c1-4-5(6)2-3-7-4/h4-6H,2-3H2,1H3/t4-,5?/m1/s1. The SMILES string of the molecule is C[C@H]1OCCC1O. The first-order valence-electron chi connectivity index (χ1n) is 2.60. The third-order valence-corrected chi connectivity index (χ3v) is 1.34. The lowest BCUT2D eigenvalue weighted by molar-refractivity contribution is 0.0556. The Balaban J connectivity index is 2.33. The summed E-state index contributed by atoms with van der Waals surface area (Å²) in [6.07, 6.45) is 0.668. The van der Waals surface area contributed by atoms with E-state index in [1.807, 2.05) is 6.92 Å². The lowest BCUT2D eigenvalue weighted by Gasteiger charge is -2.03. The average molecular weight is 102 g/mol. The molecule has 0 bridgehead atoms. The molecule has 0 amide bonds. The van der Waals surface area contributed by atoms with Crippen molar-refractivity contribution >= 4 is 0 Å². The molecule has 0 aromatic heterocycles. The summed E-state index contributed by atoms with van der Waals surface area (Å²) in [5.41, 5.74) is 0. The van der Waals surface area contributed by atoms with E-state index in [9.17, 15) is 0 Å².